The molecule has 1 aromatic carbocycles. The van der Waals surface area contributed by atoms with Crippen LogP contribution in [-0.4, -0.2) is 151 Å². The fourth-order valence-electron chi connectivity index (χ4n) is 4.30. The summed E-state index contributed by atoms with van der Waals surface area (Å²) in [5, 5.41) is 3.32. The molecule has 13 nitrogen and oxygen atoms in total. The van der Waals surface area contributed by atoms with Crippen LogP contribution in [0.2, 0.25) is 0 Å². The second-order valence-corrected chi connectivity index (χ2v) is 11.5. The fourth-order valence-corrected chi connectivity index (χ4v) is 4.30. The Morgan fingerprint density at radius 1 is 0.412 bits per heavy atom. The molecule has 0 aliphatic heterocycles. The van der Waals surface area contributed by atoms with Crippen LogP contribution in [0.5, 0.6) is 0 Å². The van der Waals surface area contributed by atoms with Crippen LogP contribution in [0.4, 0.5) is 5.69 Å². The third-order valence-electron chi connectivity index (χ3n) is 7.18. The first-order valence-corrected chi connectivity index (χ1v) is 19.1. The van der Waals surface area contributed by atoms with E-state index in [2.05, 4.69) is 19.2 Å². The number of anilines is 1. The van der Waals surface area contributed by atoms with Gasteiger partial charge in [0.05, 0.1) is 131 Å². The SMILES string of the molecule is CCCCCCCOCCOCCOCCOCCOCCOCCOCCOCCOCCOCCOC(=O)c1ccc(NCCCC)cc1. The number of unbranched alkanes of at least 4 members (excludes halogenated alkanes) is 5. The predicted molar refractivity (Wildman–Crippen MR) is 197 cm³/mol. The van der Waals surface area contributed by atoms with Crippen LogP contribution in [0.25, 0.3) is 0 Å². The molecule has 0 aliphatic carbocycles. The van der Waals surface area contributed by atoms with Crippen LogP contribution in [-0.2, 0) is 52.1 Å². The van der Waals surface area contributed by atoms with Gasteiger partial charge in [-0.15, -0.1) is 0 Å². The maximum atomic E-state index is 12.1. The Morgan fingerprint density at radius 2 is 0.745 bits per heavy atom. The van der Waals surface area contributed by atoms with Gasteiger partial charge in [0.2, 0.25) is 0 Å². The Hall–Kier alpha value is -1.91. The predicted octanol–water partition coefficient (Wildman–Crippen LogP) is 5.19. The van der Waals surface area contributed by atoms with E-state index in [9.17, 15) is 4.79 Å². The summed E-state index contributed by atoms with van der Waals surface area (Å²) in [4.78, 5) is 12.1. The smallest absolute Gasteiger partial charge is 0.338 e. The average Bonchev–Trinajstić information content (AvgIpc) is 3.15. The Labute approximate surface area is 307 Å². The van der Waals surface area contributed by atoms with Crippen molar-refractivity contribution < 1.29 is 56.9 Å². The van der Waals surface area contributed by atoms with Crippen molar-refractivity contribution in [2.45, 2.75) is 58.8 Å². The first-order valence-electron chi connectivity index (χ1n) is 19.1. The van der Waals surface area contributed by atoms with Gasteiger partial charge >= 0.3 is 5.97 Å². The first-order chi connectivity index (χ1) is 25.3. The molecule has 51 heavy (non-hydrogen) atoms. The number of benzene rings is 1. The minimum atomic E-state index is -0.359. The molecule has 0 saturated carbocycles. The molecule has 0 fully saturated rings. The minimum absolute atomic E-state index is 0.192. The first kappa shape index (κ1) is 47.1. The highest BCUT2D eigenvalue weighted by Gasteiger charge is 2.07. The van der Waals surface area contributed by atoms with E-state index >= 15 is 0 Å². The summed E-state index contributed by atoms with van der Waals surface area (Å²) in [7, 11) is 0. The summed E-state index contributed by atoms with van der Waals surface area (Å²) >= 11 is 0. The van der Waals surface area contributed by atoms with Crippen molar-refractivity contribution in [2.24, 2.45) is 0 Å². The molecule has 1 rings (SSSR count). The van der Waals surface area contributed by atoms with Gasteiger partial charge in [-0.3, -0.25) is 0 Å². The maximum Gasteiger partial charge on any atom is 0.338 e. The van der Waals surface area contributed by atoms with Crippen molar-refractivity contribution >= 4 is 11.7 Å². The van der Waals surface area contributed by atoms with Crippen molar-refractivity contribution in [3.63, 3.8) is 0 Å². The van der Waals surface area contributed by atoms with Crippen LogP contribution in [0.1, 0.15) is 69.2 Å². The van der Waals surface area contributed by atoms with Gasteiger partial charge in [0.15, 0.2) is 0 Å². The van der Waals surface area contributed by atoms with Crippen LogP contribution >= 0.6 is 0 Å². The lowest BCUT2D eigenvalue weighted by molar-refractivity contribution is -0.0271. The largest absolute Gasteiger partial charge is 0.460 e. The molecule has 0 saturated heterocycles. The van der Waals surface area contributed by atoms with Crippen molar-refractivity contribution in [2.75, 3.05) is 151 Å². The van der Waals surface area contributed by atoms with Gasteiger partial charge in [0.1, 0.15) is 6.61 Å². The highest BCUT2D eigenvalue weighted by molar-refractivity contribution is 5.89. The Bertz CT molecular complexity index is 849. The molecular weight excluding hydrogens is 662 g/mol. The van der Waals surface area contributed by atoms with E-state index in [0.717, 1.165) is 38.1 Å². The van der Waals surface area contributed by atoms with Crippen molar-refractivity contribution in [1.29, 1.82) is 0 Å². The lowest BCUT2D eigenvalue weighted by Gasteiger charge is -2.09. The monoisotopic (exact) mass is 731 g/mol. The van der Waals surface area contributed by atoms with Crippen LogP contribution in [0.15, 0.2) is 24.3 Å². The third-order valence-corrected chi connectivity index (χ3v) is 7.18. The molecule has 0 amide bonds. The van der Waals surface area contributed by atoms with Gasteiger partial charge in [-0.05, 0) is 37.1 Å². The van der Waals surface area contributed by atoms with Crippen molar-refractivity contribution in [3.05, 3.63) is 29.8 Å². The van der Waals surface area contributed by atoms with E-state index < -0.39 is 0 Å². The summed E-state index contributed by atoms with van der Waals surface area (Å²) in [6.45, 7) is 15.9. The number of carbonyl (C=O) groups is 1. The van der Waals surface area contributed by atoms with E-state index in [-0.39, 0.29) is 12.6 Å². The second-order valence-electron chi connectivity index (χ2n) is 11.5. The van der Waals surface area contributed by atoms with Crippen LogP contribution < -0.4 is 5.32 Å². The molecule has 0 bridgehead atoms. The summed E-state index contributed by atoms with van der Waals surface area (Å²) in [6.07, 6.45) is 8.51. The van der Waals surface area contributed by atoms with Crippen LogP contribution in [0.3, 0.4) is 0 Å². The van der Waals surface area contributed by atoms with E-state index in [4.69, 9.17) is 52.1 Å². The van der Waals surface area contributed by atoms with E-state index in [1.165, 1.54) is 25.7 Å². The van der Waals surface area contributed by atoms with Crippen molar-refractivity contribution in [3.8, 4) is 0 Å². The third kappa shape index (κ3) is 33.7. The van der Waals surface area contributed by atoms with Gasteiger partial charge in [-0.25, -0.2) is 4.79 Å². The van der Waals surface area contributed by atoms with E-state index in [1.54, 1.807) is 12.1 Å². The zero-order chi connectivity index (χ0) is 36.6. The summed E-state index contributed by atoms with van der Waals surface area (Å²) in [5.74, 6) is -0.359. The summed E-state index contributed by atoms with van der Waals surface area (Å²) in [5.41, 5.74) is 1.52. The number of esters is 1. The summed E-state index contributed by atoms with van der Waals surface area (Å²) in [6, 6.07) is 7.30. The lowest BCUT2D eigenvalue weighted by atomic mass is 10.2. The zero-order valence-electron chi connectivity index (χ0n) is 31.7. The van der Waals surface area contributed by atoms with Gasteiger partial charge in [-0.2, -0.15) is 0 Å². The van der Waals surface area contributed by atoms with E-state index in [0.29, 0.717) is 131 Å². The Morgan fingerprint density at radius 3 is 1.12 bits per heavy atom. The van der Waals surface area contributed by atoms with Gasteiger partial charge < -0.3 is 57.4 Å². The number of rotatable bonds is 41. The van der Waals surface area contributed by atoms with Gasteiger partial charge in [0.25, 0.3) is 0 Å². The Kier molecular flexibility index (Phi) is 36.3. The molecule has 0 aliphatic rings. The molecule has 0 unspecified atom stereocenters. The molecular formula is C38H69NO12. The topological polar surface area (TPSA) is 131 Å². The molecule has 13 heteroatoms. The number of ether oxygens (including phenoxy) is 11. The normalized spacial score (nSPS) is 11.3. The van der Waals surface area contributed by atoms with Gasteiger partial charge in [-0.1, -0.05) is 46.0 Å². The molecule has 0 aromatic heterocycles. The minimum Gasteiger partial charge on any atom is -0.460 e. The van der Waals surface area contributed by atoms with Crippen LogP contribution in [0, 0.1) is 0 Å². The molecule has 1 aromatic rings. The Balaban J connectivity index is 1.68. The fraction of sp³-hybridized carbons (Fsp3) is 0.816. The molecule has 0 radical (unpaired) electrons. The maximum absolute atomic E-state index is 12.1. The van der Waals surface area contributed by atoms with Crippen molar-refractivity contribution in [1.82, 2.24) is 0 Å². The quantitative estimate of drug-likeness (QED) is 0.0701. The second kappa shape index (κ2) is 39.3. The van der Waals surface area contributed by atoms with E-state index in [1.807, 2.05) is 12.1 Å². The molecule has 1 N–H and O–H groups in total. The van der Waals surface area contributed by atoms with Gasteiger partial charge in [0, 0.05) is 18.8 Å². The molecule has 0 heterocycles. The zero-order valence-corrected chi connectivity index (χ0v) is 31.7. The highest BCUT2D eigenvalue weighted by Crippen LogP contribution is 2.11. The number of hydrogen-bond donors (Lipinski definition) is 1. The average molecular weight is 732 g/mol. The number of hydrogen-bond acceptors (Lipinski definition) is 13. The number of carbonyl (C=O) groups excluding carboxylic acids is 1. The summed E-state index contributed by atoms with van der Waals surface area (Å²) < 4.78 is 60.2. The molecule has 0 spiro atoms. The standard InChI is InChI=1S/C38H69NO12/c1-3-5-7-8-9-15-41-16-17-42-18-19-43-20-21-44-22-23-45-24-25-46-26-27-47-28-29-48-30-31-49-32-33-50-34-35-51-38(40)36-10-12-37(13-11-36)39-14-6-4-2/h10-13,39H,3-9,14-35H2,1-2H3. The lowest BCUT2D eigenvalue weighted by Crippen LogP contribution is -2.15. The highest BCUT2D eigenvalue weighted by atomic mass is 16.6. The molecule has 0 atom stereocenters. The number of nitrogens with one attached hydrogen (secondary N) is 1. The molecule has 298 valence electrons.